The molecule has 0 bridgehead atoms. The molecule has 1 aliphatic heterocycles. The van der Waals surface area contributed by atoms with Crippen LogP contribution in [-0.4, -0.2) is 54.6 Å². The number of rotatable bonds is 4. The van der Waals surface area contributed by atoms with Crippen molar-refractivity contribution in [2.45, 2.75) is 11.8 Å². The van der Waals surface area contributed by atoms with E-state index in [0.717, 1.165) is 0 Å². The van der Waals surface area contributed by atoms with Crippen LogP contribution in [0.4, 0.5) is 5.69 Å². The monoisotopic (exact) mass is 457 g/mol. The van der Waals surface area contributed by atoms with Gasteiger partial charge in [0, 0.05) is 43.4 Å². The Balaban J connectivity index is 1.74. The standard InChI is InChI=1S/C18H17Cl2N3O5S/c1-12-11-13(5-6-16(12)23(25)26)18(24)21-7-9-22(10-8-21)29(27,28)17-14(19)3-2-4-15(17)20/h2-6,11H,7-10H2,1H3. The van der Waals surface area contributed by atoms with Crippen molar-refractivity contribution in [1.82, 2.24) is 9.21 Å². The number of carbonyl (C=O) groups is 1. The number of nitrogens with zero attached hydrogens (tertiary/aromatic N) is 3. The highest BCUT2D eigenvalue weighted by atomic mass is 35.5. The second-order valence-electron chi connectivity index (χ2n) is 6.51. The number of nitro groups is 1. The van der Waals surface area contributed by atoms with Gasteiger partial charge < -0.3 is 4.90 Å². The van der Waals surface area contributed by atoms with Crippen molar-refractivity contribution in [2.75, 3.05) is 26.2 Å². The minimum atomic E-state index is -3.90. The summed E-state index contributed by atoms with van der Waals surface area (Å²) in [4.78, 5) is 24.5. The number of hydrogen-bond donors (Lipinski definition) is 0. The number of hydrogen-bond acceptors (Lipinski definition) is 5. The van der Waals surface area contributed by atoms with Gasteiger partial charge in [-0.1, -0.05) is 29.3 Å². The Bertz CT molecular complexity index is 1060. The molecule has 0 unspecified atom stereocenters. The molecular formula is C18H17Cl2N3O5S. The van der Waals surface area contributed by atoms with Gasteiger partial charge in [-0.25, -0.2) is 8.42 Å². The number of piperazine rings is 1. The highest BCUT2D eigenvalue weighted by Crippen LogP contribution is 2.32. The zero-order valence-corrected chi connectivity index (χ0v) is 17.7. The van der Waals surface area contributed by atoms with Gasteiger partial charge in [-0.15, -0.1) is 0 Å². The van der Waals surface area contributed by atoms with Crippen LogP contribution in [0.1, 0.15) is 15.9 Å². The number of nitro benzene ring substituents is 1. The Morgan fingerprint density at radius 3 is 2.17 bits per heavy atom. The Hall–Kier alpha value is -2.20. The van der Waals surface area contributed by atoms with Gasteiger partial charge in [-0.2, -0.15) is 4.31 Å². The molecule has 1 aliphatic rings. The SMILES string of the molecule is Cc1cc(C(=O)N2CCN(S(=O)(=O)c3c(Cl)cccc3Cl)CC2)ccc1[N+](=O)[O-]. The maximum Gasteiger partial charge on any atom is 0.272 e. The molecule has 1 heterocycles. The summed E-state index contributed by atoms with van der Waals surface area (Å²) >= 11 is 12.1. The summed E-state index contributed by atoms with van der Waals surface area (Å²) in [5.74, 6) is -0.309. The van der Waals surface area contributed by atoms with Crippen LogP contribution >= 0.6 is 23.2 Å². The van der Waals surface area contributed by atoms with Gasteiger partial charge in [0.05, 0.1) is 15.0 Å². The maximum absolute atomic E-state index is 12.9. The first-order chi connectivity index (χ1) is 13.6. The van der Waals surface area contributed by atoms with E-state index in [0.29, 0.717) is 11.1 Å². The van der Waals surface area contributed by atoms with Crippen LogP contribution in [0, 0.1) is 17.0 Å². The molecule has 1 fully saturated rings. The largest absolute Gasteiger partial charge is 0.336 e. The smallest absolute Gasteiger partial charge is 0.272 e. The molecular weight excluding hydrogens is 441 g/mol. The van der Waals surface area contributed by atoms with E-state index < -0.39 is 14.9 Å². The fraction of sp³-hybridized carbons (Fsp3) is 0.278. The lowest BCUT2D eigenvalue weighted by Crippen LogP contribution is -2.50. The van der Waals surface area contributed by atoms with Crippen LogP contribution < -0.4 is 0 Å². The van der Waals surface area contributed by atoms with Crippen molar-refractivity contribution >= 4 is 44.8 Å². The zero-order valence-electron chi connectivity index (χ0n) is 15.3. The van der Waals surface area contributed by atoms with Gasteiger partial charge in [-0.05, 0) is 31.2 Å². The quantitative estimate of drug-likeness (QED) is 0.517. The van der Waals surface area contributed by atoms with Crippen LogP contribution in [0.3, 0.4) is 0 Å². The van der Waals surface area contributed by atoms with Crippen molar-refractivity contribution in [2.24, 2.45) is 0 Å². The molecule has 154 valence electrons. The Morgan fingerprint density at radius 2 is 1.66 bits per heavy atom. The fourth-order valence-corrected chi connectivity index (χ4v) is 5.68. The minimum absolute atomic E-state index is 0.0392. The van der Waals surface area contributed by atoms with Crippen LogP contribution in [-0.2, 0) is 10.0 Å². The number of amides is 1. The summed E-state index contributed by atoms with van der Waals surface area (Å²) in [6.07, 6.45) is 0. The molecule has 2 aromatic rings. The molecule has 3 rings (SSSR count). The summed E-state index contributed by atoms with van der Waals surface area (Å²) in [5.41, 5.74) is 0.642. The topological polar surface area (TPSA) is 101 Å². The predicted molar refractivity (Wildman–Crippen MR) is 109 cm³/mol. The van der Waals surface area contributed by atoms with E-state index in [-0.39, 0.29) is 52.7 Å². The zero-order chi connectivity index (χ0) is 21.3. The number of aryl methyl sites for hydroxylation is 1. The lowest BCUT2D eigenvalue weighted by Gasteiger charge is -2.34. The van der Waals surface area contributed by atoms with Crippen LogP contribution in [0.2, 0.25) is 10.0 Å². The second-order valence-corrected chi connectivity index (χ2v) is 9.19. The minimum Gasteiger partial charge on any atom is -0.336 e. The predicted octanol–water partition coefficient (Wildman–Crippen LogP) is 3.36. The third-order valence-corrected chi connectivity index (χ3v) is 7.54. The molecule has 29 heavy (non-hydrogen) atoms. The molecule has 0 N–H and O–H groups in total. The fourth-order valence-electron chi connectivity index (χ4n) is 3.17. The van der Waals surface area contributed by atoms with Gasteiger partial charge in [0.2, 0.25) is 10.0 Å². The van der Waals surface area contributed by atoms with E-state index in [1.165, 1.54) is 39.5 Å². The number of benzene rings is 2. The molecule has 0 radical (unpaired) electrons. The van der Waals surface area contributed by atoms with Gasteiger partial charge in [0.15, 0.2) is 0 Å². The second kappa shape index (κ2) is 8.27. The molecule has 0 atom stereocenters. The molecule has 8 nitrogen and oxygen atoms in total. The Labute approximate surface area is 177 Å². The van der Waals surface area contributed by atoms with E-state index in [4.69, 9.17) is 23.2 Å². The number of sulfonamides is 1. The van der Waals surface area contributed by atoms with Gasteiger partial charge in [0.1, 0.15) is 4.90 Å². The summed E-state index contributed by atoms with van der Waals surface area (Å²) in [6, 6.07) is 8.64. The third-order valence-electron chi connectivity index (χ3n) is 4.68. The Kier molecular flexibility index (Phi) is 6.13. The van der Waals surface area contributed by atoms with Crippen LogP contribution in [0.25, 0.3) is 0 Å². The number of halogens is 2. The highest BCUT2D eigenvalue weighted by Gasteiger charge is 2.33. The molecule has 0 saturated carbocycles. The molecule has 11 heteroatoms. The van der Waals surface area contributed by atoms with Crippen molar-refractivity contribution in [1.29, 1.82) is 0 Å². The first-order valence-electron chi connectivity index (χ1n) is 8.61. The average molecular weight is 458 g/mol. The van der Waals surface area contributed by atoms with Crippen molar-refractivity contribution < 1.29 is 18.1 Å². The molecule has 0 spiro atoms. The maximum atomic E-state index is 12.9. The number of carbonyl (C=O) groups excluding carboxylic acids is 1. The summed E-state index contributed by atoms with van der Waals surface area (Å²) in [7, 11) is -3.90. The van der Waals surface area contributed by atoms with Gasteiger partial charge in [0.25, 0.3) is 11.6 Å². The Morgan fingerprint density at radius 1 is 1.07 bits per heavy atom. The lowest BCUT2D eigenvalue weighted by molar-refractivity contribution is -0.385. The van der Waals surface area contributed by atoms with E-state index in [2.05, 4.69) is 0 Å². The third kappa shape index (κ3) is 4.23. The average Bonchev–Trinajstić information content (AvgIpc) is 2.67. The summed E-state index contributed by atoms with van der Waals surface area (Å²) < 4.78 is 27.1. The highest BCUT2D eigenvalue weighted by molar-refractivity contribution is 7.89. The molecule has 0 aromatic heterocycles. The van der Waals surface area contributed by atoms with E-state index in [1.807, 2.05) is 0 Å². The van der Waals surface area contributed by atoms with E-state index in [1.54, 1.807) is 13.0 Å². The van der Waals surface area contributed by atoms with Gasteiger partial charge in [-0.3, -0.25) is 14.9 Å². The molecule has 1 saturated heterocycles. The molecule has 1 amide bonds. The summed E-state index contributed by atoms with van der Waals surface area (Å²) in [5, 5.41) is 11.0. The normalized spacial score (nSPS) is 15.3. The first kappa shape index (κ1) is 21.5. The van der Waals surface area contributed by atoms with Crippen molar-refractivity contribution in [3.05, 3.63) is 67.7 Å². The van der Waals surface area contributed by atoms with Crippen LogP contribution in [0.15, 0.2) is 41.3 Å². The van der Waals surface area contributed by atoms with E-state index in [9.17, 15) is 23.3 Å². The first-order valence-corrected chi connectivity index (χ1v) is 10.8. The van der Waals surface area contributed by atoms with Crippen molar-refractivity contribution in [3.8, 4) is 0 Å². The summed E-state index contributed by atoms with van der Waals surface area (Å²) in [6.45, 7) is 2.09. The van der Waals surface area contributed by atoms with Crippen LogP contribution in [0.5, 0.6) is 0 Å². The van der Waals surface area contributed by atoms with E-state index >= 15 is 0 Å². The molecule has 0 aliphatic carbocycles. The lowest BCUT2D eigenvalue weighted by atomic mass is 10.1. The van der Waals surface area contributed by atoms with Crippen molar-refractivity contribution in [3.63, 3.8) is 0 Å². The van der Waals surface area contributed by atoms with Gasteiger partial charge >= 0.3 is 0 Å². The molecule has 2 aromatic carbocycles.